The first kappa shape index (κ1) is 12.6. The average molecular weight is 221 g/mol. The van der Waals surface area contributed by atoms with Crippen LogP contribution in [0, 0.1) is 0 Å². The van der Waals surface area contributed by atoms with Crippen LogP contribution in [0.25, 0.3) is 0 Å². The van der Waals surface area contributed by atoms with Crippen molar-refractivity contribution in [1.82, 2.24) is 9.97 Å². The summed E-state index contributed by atoms with van der Waals surface area (Å²) in [5.74, 6) is 0.744. The summed E-state index contributed by atoms with van der Waals surface area (Å²) >= 11 is 0. The van der Waals surface area contributed by atoms with Crippen molar-refractivity contribution in [3.8, 4) is 0 Å². The highest BCUT2D eigenvalue weighted by molar-refractivity contribution is 5.75. The number of nitrogens with zero attached hydrogens (tertiary/aromatic N) is 2. The number of Topliss-reactive ketones (excluding diaryl/α,β-unsaturated/α-hetero) is 1. The van der Waals surface area contributed by atoms with Crippen molar-refractivity contribution in [3.63, 3.8) is 0 Å². The van der Waals surface area contributed by atoms with E-state index in [1.807, 2.05) is 12.4 Å². The molecule has 0 radical (unpaired) electrons. The molecule has 0 amide bonds. The predicted molar refractivity (Wildman–Crippen MR) is 64.5 cm³/mol. The van der Waals surface area contributed by atoms with Crippen LogP contribution in [0.4, 0.5) is 5.95 Å². The maximum Gasteiger partial charge on any atom is 0.222 e. The van der Waals surface area contributed by atoms with Crippen molar-refractivity contribution in [2.24, 2.45) is 0 Å². The molecule has 0 aliphatic rings. The number of carbonyl (C=O) groups excluding carboxylic acids is 1. The Balaban J connectivity index is 2.55. The molecule has 0 unspecified atom stereocenters. The molecule has 1 aromatic heterocycles. The number of rotatable bonds is 4. The lowest BCUT2D eigenvalue weighted by Gasteiger charge is -2.17. The van der Waals surface area contributed by atoms with Crippen LogP contribution < -0.4 is 5.32 Å². The second kappa shape index (κ2) is 5.05. The molecule has 4 nitrogen and oxygen atoms in total. The van der Waals surface area contributed by atoms with Gasteiger partial charge in [-0.1, -0.05) is 20.8 Å². The van der Waals surface area contributed by atoms with Gasteiger partial charge in [-0.25, -0.2) is 9.97 Å². The van der Waals surface area contributed by atoms with Gasteiger partial charge in [-0.15, -0.1) is 0 Å². The van der Waals surface area contributed by atoms with Crippen LogP contribution in [0.3, 0.4) is 0 Å². The molecule has 0 saturated heterocycles. The van der Waals surface area contributed by atoms with E-state index < -0.39 is 0 Å². The van der Waals surface area contributed by atoms with Gasteiger partial charge < -0.3 is 5.32 Å². The molecule has 0 aromatic carbocycles. The van der Waals surface area contributed by atoms with Gasteiger partial charge in [0.15, 0.2) is 0 Å². The van der Waals surface area contributed by atoms with Gasteiger partial charge in [0, 0.05) is 25.4 Å². The first-order valence-electron chi connectivity index (χ1n) is 5.45. The van der Waals surface area contributed by atoms with E-state index in [9.17, 15) is 4.79 Å². The standard InChI is InChI=1S/C12H19N3O/c1-9(16)5-6-13-11-14-7-10(8-15-11)12(2,3)4/h7-8H,5-6H2,1-4H3,(H,13,14,15). The lowest BCUT2D eigenvalue weighted by molar-refractivity contribution is -0.116. The Bertz CT molecular complexity index is 352. The molecule has 16 heavy (non-hydrogen) atoms. The molecule has 1 aromatic rings. The van der Waals surface area contributed by atoms with Crippen LogP contribution in [-0.4, -0.2) is 22.3 Å². The van der Waals surface area contributed by atoms with E-state index in [1.165, 1.54) is 0 Å². The zero-order valence-corrected chi connectivity index (χ0v) is 10.4. The Morgan fingerprint density at radius 3 is 2.31 bits per heavy atom. The lowest BCUT2D eigenvalue weighted by atomic mass is 9.89. The smallest absolute Gasteiger partial charge is 0.222 e. The topological polar surface area (TPSA) is 54.9 Å². The summed E-state index contributed by atoms with van der Waals surface area (Å²) in [5.41, 5.74) is 1.17. The van der Waals surface area contributed by atoms with Crippen molar-refractivity contribution in [2.75, 3.05) is 11.9 Å². The monoisotopic (exact) mass is 221 g/mol. The maximum atomic E-state index is 10.7. The number of ketones is 1. The van der Waals surface area contributed by atoms with Crippen LogP contribution in [0.1, 0.15) is 39.7 Å². The summed E-state index contributed by atoms with van der Waals surface area (Å²) < 4.78 is 0. The van der Waals surface area contributed by atoms with E-state index in [0.29, 0.717) is 18.9 Å². The van der Waals surface area contributed by atoms with E-state index in [0.717, 1.165) is 5.56 Å². The third kappa shape index (κ3) is 3.96. The molecule has 4 heteroatoms. The molecular weight excluding hydrogens is 202 g/mol. The molecule has 1 heterocycles. The van der Waals surface area contributed by atoms with E-state index in [-0.39, 0.29) is 11.2 Å². The Morgan fingerprint density at radius 1 is 1.31 bits per heavy atom. The number of nitrogens with one attached hydrogen (secondary N) is 1. The van der Waals surface area contributed by atoms with E-state index >= 15 is 0 Å². The summed E-state index contributed by atoms with van der Waals surface area (Å²) in [7, 11) is 0. The first-order chi connectivity index (χ1) is 7.39. The Labute approximate surface area is 96.5 Å². The highest BCUT2D eigenvalue weighted by Crippen LogP contribution is 2.20. The quantitative estimate of drug-likeness (QED) is 0.846. The normalized spacial score (nSPS) is 11.2. The van der Waals surface area contributed by atoms with Gasteiger partial charge in [0.2, 0.25) is 5.95 Å². The molecule has 88 valence electrons. The van der Waals surface area contributed by atoms with E-state index in [1.54, 1.807) is 6.92 Å². The summed E-state index contributed by atoms with van der Waals surface area (Å²) in [5, 5.41) is 3.01. The SMILES string of the molecule is CC(=O)CCNc1ncc(C(C)(C)C)cn1. The fourth-order valence-electron chi connectivity index (χ4n) is 1.16. The van der Waals surface area contributed by atoms with Crippen LogP contribution in [0.15, 0.2) is 12.4 Å². The molecule has 0 aliphatic heterocycles. The summed E-state index contributed by atoms with van der Waals surface area (Å²) in [6, 6.07) is 0. The summed E-state index contributed by atoms with van der Waals surface area (Å²) in [6.07, 6.45) is 4.15. The zero-order valence-electron chi connectivity index (χ0n) is 10.4. The van der Waals surface area contributed by atoms with Crippen LogP contribution in [0.5, 0.6) is 0 Å². The molecule has 0 atom stereocenters. The molecular formula is C12H19N3O. The van der Waals surface area contributed by atoms with Crippen molar-refractivity contribution >= 4 is 11.7 Å². The Morgan fingerprint density at radius 2 is 1.88 bits per heavy atom. The largest absolute Gasteiger partial charge is 0.354 e. The van der Waals surface area contributed by atoms with Crippen LogP contribution >= 0.6 is 0 Å². The molecule has 0 bridgehead atoms. The van der Waals surface area contributed by atoms with Gasteiger partial charge >= 0.3 is 0 Å². The van der Waals surface area contributed by atoms with Gasteiger partial charge in [-0.3, -0.25) is 4.79 Å². The van der Waals surface area contributed by atoms with Gasteiger partial charge in [-0.2, -0.15) is 0 Å². The molecule has 0 spiro atoms. The lowest BCUT2D eigenvalue weighted by Crippen LogP contribution is -2.14. The fraction of sp³-hybridized carbons (Fsp3) is 0.583. The summed E-state index contributed by atoms with van der Waals surface area (Å²) in [4.78, 5) is 19.2. The van der Waals surface area contributed by atoms with Crippen molar-refractivity contribution in [2.45, 2.75) is 39.5 Å². The zero-order chi connectivity index (χ0) is 12.2. The minimum absolute atomic E-state index is 0.0674. The highest BCUT2D eigenvalue weighted by Gasteiger charge is 2.14. The maximum absolute atomic E-state index is 10.7. The number of anilines is 1. The number of aromatic nitrogens is 2. The minimum atomic E-state index is 0.0674. The fourth-order valence-corrected chi connectivity index (χ4v) is 1.16. The Hall–Kier alpha value is -1.45. The highest BCUT2D eigenvalue weighted by atomic mass is 16.1. The summed E-state index contributed by atoms with van der Waals surface area (Å²) in [6.45, 7) is 8.52. The van der Waals surface area contributed by atoms with Crippen molar-refractivity contribution in [3.05, 3.63) is 18.0 Å². The van der Waals surface area contributed by atoms with Crippen molar-refractivity contribution in [1.29, 1.82) is 0 Å². The van der Waals surface area contributed by atoms with Crippen LogP contribution in [0.2, 0.25) is 0 Å². The predicted octanol–water partition coefficient (Wildman–Crippen LogP) is 2.17. The molecule has 0 saturated carbocycles. The average Bonchev–Trinajstić information content (AvgIpc) is 2.16. The Kier molecular flexibility index (Phi) is 3.99. The van der Waals surface area contributed by atoms with Gasteiger partial charge in [0.1, 0.15) is 5.78 Å². The number of carbonyl (C=O) groups is 1. The second-order valence-electron chi connectivity index (χ2n) is 4.92. The molecule has 0 aliphatic carbocycles. The van der Waals surface area contributed by atoms with E-state index in [2.05, 4.69) is 36.1 Å². The van der Waals surface area contributed by atoms with Crippen LogP contribution in [-0.2, 0) is 10.2 Å². The van der Waals surface area contributed by atoms with Gasteiger partial charge in [-0.05, 0) is 17.9 Å². The van der Waals surface area contributed by atoms with Crippen molar-refractivity contribution < 1.29 is 4.79 Å². The first-order valence-corrected chi connectivity index (χ1v) is 5.45. The number of hydrogen-bond acceptors (Lipinski definition) is 4. The molecule has 1 rings (SSSR count). The minimum Gasteiger partial charge on any atom is -0.354 e. The molecule has 0 fully saturated rings. The number of hydrogen-bond donors (Lipinski definition) is 1. The van der Waals surface area contributed by atoms with Gasteiger partial charge in [0.25, 0.3) is 0 Å². The van der Waals surface area contributed by atoms with Gasteiger partial charge in [0.05, 0.1) is 0 Å². The second-order valence-corrected chi connectivity index (χ2v) is 4.92. The van der Waals surface area contributed by atoms with E-state index in [4.69, 9.17) is 0 Å². The third-order valence-electron chi connectivity index (χ3n) is 2.28. The molecule has 1 N–H and O–H groups in total. The third-order valence-corrected chi connectivity index (χ3v) is 2.28.